The summed E-state index contributed by atoms with van der Waals surface area (Å²) in [6, 6.07) is 0.155. The van der Waals surface area contributed by atoms with E-state index in [9.17, 15) is 5.11 Å². The molecule has 1 saturated carbocycles. The SMILES string of the molecule is CC1(O)CCC(N)C1(C)C. The molecule has 2 unspecified atom stereocenters. The van der Waals surface area contributed by atoms with Gasteiger partial charge in [-0.2, -0.15) is 0 Å². The molecule has 0 amide bonds. The first-order chi connectivity index (χ1) is 4.38. The molecule has 0 heterocycles. The van der Waals surface area contributed by atoms with Gasteiger partial charge in [0.2, 0.25) is 0 Å². The third-order valence-corrected chi connectivity index (χ3v) is 3.26. The summed E-state index contributed by atoms with van der Waals surface area (Å²) >= 11 is 0. The zero-order valence-electron chi connectivity index (χ0n) is 7.02. The molecule has 1 aliphatic carbocycles. The summed E-state index contributed by atoms with van der Waals surface area (Å²) in [4.78, 5) is 0. The minimum atomic E-state index is -0.563. The van der Waals surface area contributed by atoms with E-state index >= 15 is 0 Å². The van der Waals surface area contributed by atoms with Crippen molar-refractivity contribution in [2.45, 2.75) is 45.3 Å². The molecule has 3 N–H and O–H groups in total. The average molecular weight is 143 g/mol. The predicted molar refractivity (Wildman–Crippen MR) is 41.6 cm³/mol. The van der Waals surface area contributed by atoms with Crippen LogP contribution in [-0.4, -0.2) is 16.7 Å². The number of nitrogens with two attached hydrogens (primary N) is 1. The van der Waals surface area contributed by atoms with Crippen LogP contribution in [0.1, 0.15) is 33.6 Å². The lowest BCUT2D eigenvalue weighted by molar-refractivity contribution is -0.0304. The maximum Gasteiger partial charge on any atom is 0.0685 e. The fourth-order valence-electron chi connectivity index (χ4n) is 1.52. The zero-order chi connectivity index (χ0) is 7.99. The van der Waals surface area contributed by atoms with Gasteiger partial charge in [-0.15, -0.1) is 0 Å². The first-order valence-corrected chi connectivity index (χ1v) is 3.86. The quantitative estimate of drug-likeness (QED) is 0.529. The van der Waals surface area contributed by atoms with Crippen LogP contribution in [0.5, 0.6) is 0 Å². The second-order valence-corrected chi connectivity index (χ2v) is 4.14. The molecule has 0 aromatic rings. The van der Waals surface area contributed by atoms with E-state index in [4.69, 9.17) is 5.73 Å². The Morgan fingerprint density at radius 1 is 1.40 bits per heavy atom. The lowest BCUT2D eigenvalue weighted by Crippen LogP contribution is -2.45. The largest absolute Gasteiger partial charge is 0.390 e. The highest BCUT2D eigenvalue weighted by molar-refractivity contribution is 5.02. The highest BCUT2D eigenvalue weighted by atomic mass is 16.3. The van der Waals surface area contributed by atoms with Crippen LogP contribution in [0.15, 0.2) is 0 Å². The number of hydrogen-bond donors (Lipinski definition) is 2. The Labute approximate surface area is 62.4 Å². The van der Waals surface area contributed by atoms with Gasteiger partial charge in [0, 0.05) is 11.5 Å². The molecule has 0 aromatic heterocycles. The van der Waals surface area contributed by atoms with Gasteiger partial charge >= 0.3 is 0 Å². The molecule has 0 radical (unpaired) electrons. The molecule has 1 aliphatic rings. The van der Waals surface area contributed by atoms with Gasteiger partial charge in [-0.25, -0.2) is 0 Å². The molecule has 0 bridgehead atoms. The molecule has 2 atom stereocenters. The first-order valence-electron chi connectivity index (χ1n) is 3.86. The topological polar surface area (TPSA) is 46.2 Å². The maximum atomic E-state index is 9.81. The second-order valence-electron chi connectivity index (χ2n) is 4.14. The number of aliphatic hydroxyl groups is 1. The summed E-state index contributed by atoms with van der Waals surface area (Å²) in [5.41, 5.74) is 5.15. The Balaban J connectivity index is 2.84. The number of rotatable bonds is 0. The van der Waals surface area contributed by atoms with Crippen LogP contribution in [0.4, 0.5) is 0 Å². The Morgan fingerprint density at radius 2 is 1.90 bits per heavy atom. The van der Waals surface area contributed by atoms with Crippen molar-refractivity contribution in [2.24, 2.45) is 11.1 Å². The highest BCUT2D eigenvalue weighted by Gasteiger charge is 2.48. The smallest absolute Gasteiger partial charge is 0.0685 e. The standard InChI is InChI=1S/C8H17NO/c1-7(2)6(9)4-5-8(7,3)10/h6,10H,4-5,9H2,1-3H3. The van der Waals surface area contributed by atoms with Crippen molar-refractivity contribution in [2.75, 3.05) is 0 Å². The van der Waals surface area contributed by atoms with E-state index in [1.807, 2.05) is 20.8 Å². The summed E-state index contributed by atoms with van der Waals surface area (Å²) in [5.74, 6) is 0. The Bertz CT molecular complexity index is 140. The van der Waals surface area contributed by atoms with Crippen molar-refractivity contribution >= 4 is 0 Å². The van der Waals surface area contributed by atoms with E-state index in [2.05, 4.69) is 0 Å². The normalized spacial score (nSPS) is 45.9. The average Bonchev–Trinajstić information content (AvgIpc) is 1.94. The molecule has 1 rings (SSSR count). The van der Waals surface area contributed by atoms with Gasteiger partial charge in [-0.05, 0) is 19.8 Å². The van der Waals surface area contributed by atoms with Crippen molar-refractivity contribution < 1.29 is 5.11 Å². The van der Waals surface area contributed by atoms with Crippen molar-refractivity contribution in [1.82, 2.24) is 0 Å². The molecule has 0 aromatic carbocycles. The van der Waals surface area contributed by atoms with E-state index in [-0.39, 0.29) is 11.5 Å². The Kier molecular flexibility index (Phi) is 1.57. The second kappa shape index (κ2) is 1.95. The van der Waals surface area contributed by atoms with E-state index in [0.717, 1.165) is 12.8 Å². The van der Waals surface area contributed by atoms with Gasteiger partial charge in [0.05, 0.1) is 5.60 Å². The Hall–Kier alpha value is -0.0800. The third kappa shape index (κ3) is 0.867. The van der Waals surface area contributed by atoms with Crippen LogP contribution in [0, 0.1) is 5.41 Å². The van der Waals surface area contributed by atoms with Crippen LogP contribution in [0.2, 0.25) is 0 Å². The summed E-state index contributed by atoms with van der Waals surface area (Å²) in [5, 5.41) is 9.81. The van der Waals surface area contributed by atoms with Crippen LogP contribution < -0.4 is 5.73 Å². The fourth-order valence-corrected chi connectivity index (χ4v) is 1.52. The van der Waals surface area contributed by atoms with Crippen LogP contribution >= 0.6 is 0 Å². The van der Waals surface area contributed by atoms with Crippen LogP contribution in [0.25, 0.3) is 0 Å². The van der Waals surface area contributed by atoms with Gasteiger partial charge in [-0.3, -0.25) is 0 Å². The third-order valence-electron chi connectivity index (χ3n) is 3.26. The van der Waals surface area contributed by atoms with Crippen LogP contribution in [0.3, 0.4) is 0 Å². The lowest BCUT2D eigenvalue weighted by Gasteiger charge is -2.35. The molecule has 60 valence electrons. The van der Waals surface area contributed by atoms with Gasteiger partial charge in [-0.1, -0.05) is 13.8 Å². The summed E-state index contributed by atoms with van der Waals surface area (Å²) in [6.07, 6.45) is 1.78. The van der Waals surface area contributed by atoms with Crippen LogP contribution in [-0.2, 0) is 0 Å². The van der Waals surface area contributed by atoms with Crippen molar-refractivity contribution in [1.29, 1.82) is 0 Å². The van der Waals surface area contributed by atoms with Crippen molar-refractivity contribution in [3.05, 3.63) is 0 Å². The van der Waals surface area contributed by atoms with Gasteiger partial charge in [0.15, 0.2) is 0 Å². The van der Waals surface area contributed by atoms with Crippen molar-refractivity contribution in [3.8, 4) is 0 Å². The highest BCUT2D eigenvalue weighted by Crippen LogP contribution is 2.44. The van der Waals surface area contributed by atoms with Crippen molar-refractivity contribution in [3.63, 3.8) is 0 Å². The minimum absolute atomic E-state index is 0.118. The zero-order valence-corrected chi connectivity index (χ0v) is 7.02. The van der Waals surface area contributed by atoms with E-state index in [1.165, 1.54) is 0 Å². The first kappa shape index (κ1) is 8.02. The van der Waals surface area contributed by atoms with E-state index in [1.54, 1.807) is 0 Å². The molecule has 10 heavy (non-hydrogen) atoms. The van der Waals surface area contributed by atoms with Gasteiger partial charge in [0.25, 0.3) is 0 Å². The minimum Gasteiger partial charge on any atom is -0.390 e. The maximum absolute atomic E-state index is 9.81. The molecule has 1 fully saturated rings. The molecule has 0 spiro atoms. The van der Waals surface area contributed by atoms with Gasteiger partial charge in [0.1, 0.15) is 0 Å². The van der Waals surface area contributed by atoms with E-state index in [0.29, 0.717) is 0 Å². The summed E-state index contributed by atoms with van der Waals surface area (Å²) in [6.45, 7) is 5.94. The molecule has 2 heteroatoms. The number of hydrogen-bond acceptors (Lipinski definition) is 2. The predicted octanol–water partition coefficient (Wildman–Crippen LogP) is 0.885. The molecule has 2 nitrogen and oxygen atoms in total. The molecule has 0 aliphatic heterocycles. The molecular weight excluding hydrogens is 126 g/mol. The van der Waals surface area contributed by atoms with E-state index < -0.39 is 5.60 Å². The summed E-state index contributed by atoms with van der Waals surface area (Å²) < 4.78 is 0. The Morgan fingerprint density at radius 3 is 2.00 bits per heavy atom. The summed E-state index contributed by atoms with van der Waals surface area (Å²) in [7, 11) is 0. The van der Waals surface area contributed by atoms with Gasteiger partial charge < -0.3 is 10.8 Å². The fraction of sp³-hybridized carbons (Fsp3) is 1.00. The molecular formula is C8H17NO. The lowest BCUT2D eigenvalue weighted by atomic mass is 9.77. The monoisotopic (exact) mass is 143 g/mol. The molecule has 0 saturated heterocycles.